The molecule has 1 aliphatic heterocycles. The van der Waals surface area contributed by atoms with E-state index in [-0.39, 0.29) is 11.9 Å². The zero-order valence-electron chi connectivity index (χ0n) is 12.0. The predicted molar refractivity (Wildman–Crippen MR) is 78.3 cm³/mol. The van der Waals surface area contributed by atoms with Crippen molar-refractivity contribution < 1.29 is 4.79 Å². The standard InChI is InChI=1S/C16H24N2O/c1-12-8-13(2)10-14(9-12)16(19)18-7-5-3-4-6-15(18)11-17/h8-10,15H,3-7,11,17H2,1-2H3. The Morgan fingerprint density at radius 1 is 1.21 bits per heavy atom. The first-order chi connectivity index (χ1) is 9.11. The molecule has 1 atom stereocenters. The van der Waals surface area contributed by atoms with E-state index in [0.717, 1.165) is 36.1 Å². The molecule has 0 aliphatic carbocycles. The van der Waals surface area contributed by atoms with E-state index < -0.39 is 0 Å². The van der Waals surface area contributed by atoms with Gasteiger partial charge in [0, 0.05) is 24.7 Å². The van der Waals surface area contributed by atoms with E-state index in [1.807, 2.05) is 30.9 Å². The molecule has 2 N–H and O–H groups in total. The topological polar surface area (TPSA) is 46.3 Å². The number of amides is 1. The van der Waals surface area contributed by atoms with Gasteiger partial charge in [-0.2, -0.15) is 0 Å². The molecule has 0 saturated carbocycles. The van der Waals surface area contributed by atoms with Gasteiger partial charge in [0.15, 0.2) is 0 Å². The quantitative estimate of drug-likeness (QED) is 0.888. The molecule has 1 amide bonds. The zero-order chi connectivity index (χ0) is 13.8. The second kappa shape index (κ2) is 6.20. The van der Waals surface area contributed by atoms with E-state index in [1.54, 1.807) is 0 Å². The number of aryl methyl sites for hydroxylation is 2. The summed E-state index contributed by atoms with van der Waals surface area (Å²) in [5, 5.41) is 0. The van der Waals surface area contributed by atoms with E-state index >= 15 is 0 Å². The maximum Gasteiger partial charge on any atom is 0.254 e. The highest BCUT2D eigenvalue weighted by atomic mass is 16.2. The number of hydrogen-bond donors (Lipinski definition) is 1. The molecule has 0 spiro atoms. The van der Waals surface area contributed by atoms with Gasteiger partial charge in [-0.3, -0.25) is 4.79 Å². The molecule has 0 bridgehead atoms. The number of rotatable bonds is 2. The lowest BCUT2D eigenvalue weighted by molar-refractivity contribution is 0.0689. The van der Waals surface area contributed by atoms with Crippen molar-refractivity contribution >= 4 is 5.91 Å². The molecule has 1 unspecified atom stereocenters. The van der Waals surface area contributed by atoms with Crippen molar-refractivity contribution in [1.82, 2.24) is 4.90 Å². The summed E-state index contributed by atoms with van der Waals surface area (Å²) in [6.45, 7) is 5.48. The Labute approximate surface area is 115 Å². The molecule has 3 heteroatoms. The Hall–Kier alpha value is -1.35. The minimum atomic E-state index is 0.143. The first-order valence-electron chi connectivity index (χ1n) is 7.21. The summed E-state index contributed by atoms with van der Waals surface area (Å²) in [4.78, 5) is 14.7. The SMILES string of the molecule is Cc1cc(C)cc(C(=O)N2CCCCCC2CN)c1. The average Bonchev–Trinajstić information content (AvgIpc) is 2.61. The molecule has 0 aromatic heterocycles. The lowest BCUT2D eigenvalue weighted by atomic mass is 10.0. The van der Waals surface area contributed by atoms with Crippen LogP contribution in [0.15, 0.2) is 18.2 Å². The van der Waals surface area contributed by atoms with E-state index in [0.29, 0.717) is 6.54 Å². The van der Waals surface area contributed by atoms with Crippen molar-refractivity contribution in [2.24, 2.45) is 5.73 Å². The third kappa shape index (κ3) is 3.35. The first kappa shape index (κ1) is 14.1. The van der Waals surface area contributed by atoms with Gasteiger partial charge in [-0.1, -0.05) is 30.0 Å². The number of likely N-dealkylation sites (tertiary alicyclic amines) is 1. The van der Waals surface area contributed by atoms with Crippen LogP contribution in [0.4, 0.5) is 0 Å². The van der Waals surface area contributed by atoms with Crippen molar-refractivity contribution in [2.45, 2.75) is 45.6 Å². The summed E-state index contributed by atoms with van der Waals surface area (Å²) in [6, 6.07) is 6.26. The monoisotopic (exact) mass is 260 g/mol. The number of hydrogen-bond acceptors (Lipinski definition) is 2. The fraction of sp³-hybridized carbons (Fsp3) is 0.562. The molecule has 0 radical (unpaired) electrons. The van der Waals surface area contributed by atoms with Crippen LogP contribution >= 0.6 is 0 Å². The first-order valence-corrected chi connectivity index (χ1v) is 7.21. The molecule has 1 saturated heterocycles. The maximum absolute atomic E-state index is 12.7. The van der Waals surface area contributed by atoms with Gasteiger partial charge in [0.1, 0.15) is 0 Å². The normalized spacial score (nSPS) is 20.2. The smallest absolute Gasteiger partial charge is 0.254 e. The van der Waals surface area contributed by atoms with Crippen LogP contribution in [0.5, 0.6) is 0 Å². The van der Waals surface area contributed by atoms with E-state index in [1.165, 1.54) is 12.8 Å². The van der Waals surface area contributed by atoms with Crippen LogP contribution < -0.4 is 5.73 Å². The Kier molecular flexibility index (Phi) is 4.59. The fourth-order valence-electron chi connectivity index (χ4n) is 2.95. The molecule has 104 valence electrons. The Morgan fingerprint density at radius 2 is 1.89 bits per heavy atom. The Balaban J connectivity index is 2.25. The molecular formula is C16H24N2O. The van der Waals surface area contributed by atoms with Crippen molar-refractivity contribution in [3.8, 4) is 0 Å². The van der Waals surface area contributed by atoms with Gasteiger partial charge >= 0.3 is 0 Å². The van der Waals surface area contributed by atoms with E-state index in [2.05, 4.69) is 6.07 Å². The Bertz CT molecular complexity index is 436. The number of benzene rings is 1. The zero-order valence-corrected chi connectivity index (χ0v) is 12.0. The third-order valence-electron chi connectivity index (χ3n) is 3.88. The number of carbonyl (C=O) groups excluding carboxylic acids is 1. The largest absolute Gasteiger partial charge is 0.334 e. The summed E-state index contributed by atoms with van der Waals surface area (Å²) in [5.74, 6) is 0.143. The molecule has 1 aliphatic rings. The summed E-state index contributed by atoms with van der Waals surface area (Å²) in [7, 11) is 0. The maximum atomic E-state index is 12.7. The highest BCUT2D eigenvalue weighted by Crippen LogP contribution is 2.20. The second-order valence-electron chi connectivity index (χ2n) is 5.61. The number of carbonyl (C=O) groups is 1. The number of nitrogens with two attached hydrogens (primary N) is 1. The van der Waals surface area contributed by atoms with Crippen molar-refractivity contribution in [3.63, 3.8) is 0 Å². The molecule has 19 heavy (non-hydrogen) atoms. The summed E-state index contributed by atoms with van der Waals surface area (Å²) in [6.07, 6.45) is 4.51. The summed E-state index contributed by atoms with van der Waals surface area (Å²) < 4.78 is 0. The summed E-state index contributed by atoms with van der Waals surface area (Å²) >= 11 is 0. The highest BCUT2D eigenvalue weighted by molar-refractivity contribution is 5.94. The molecular weight excluding hydrogens is 236 g/mol. The fourth-order valence-corrected chi connectivity index (χ4v) is 2.95. The van der Waals surface area contributed by atoms with Crippen LogP contribution in [0.2, 0.25) is 0 Å². The van der Waals surface area contributed by atoms with Gasteiger partial charge in [0.2, 0.25) is 0 Å². The van der Waals surface area contributed by atoms with Crippen LogP contribution in [0, 0.1) is 13.8 Å². The van der Waals surface area contributed by atoms with Gasteiger partial charge in [0.05, 0.1) is 0 Å². The van der Waals surface area contributed by atoms with Crippen LogP contribution in [0.3, 0.4) is 0 Å². The molecule has 1 aromatic rings. The van der Waals surface area contributed by atoms with Crippen LogP contribution in [0.1, 0.15) is 47.2 Å². The lowest BCUT2D eigenvalue weighted by Gasteiger charge is -2.29. The van der Waals surface area contributed by atoms with E-state index in [4.69, 9.17) is 5.73 Å². The molecule has 3 nitrogen and oxygen atoms in total. The van der Waals surface area contributed by atoms with Gasteiger partial charge in [0.25, 0.3) is 5.91 Å². The molecule has 1 aromatic carbocycles. The van der Waals surface area contributed by atoms with Crippen molar-refractivity contribution in [2.75, 3.05) is 13.1 Å². The van der Waals surface area contributed by atoms with Crippen LogP contribution in [-0.4, -0.2) is 29.9 Å². The van der Waals surface area contributed by atoms with Crippen molar-refractivity contribution in [1.29, 1.82) is 0 Å². The molecule has 1 fully saturated rings. The van der Waals surface area contributed by atoms with Gasteiger partial charge in [-0.05, 0) is 38.8 Å². The highest BCUT2D eigenvalue weighted by Gasteiger charge is 2.25. The lowest BCUT2D eigenvalue weighted by Crippen LogP contribution is -2.44. The minimum absolute atomic E-state index is 0.143. The Morgan fingerprint density at radius 3 is 2.53 bits per heavy atom. The van der Waals surface area contributed by atoms with Crippen LogP contribution in [0.25, 0.3) is 0 Å². The van der Waals surface area contributed by atoms with Gasteiger partial charge < -0.3 is 10.6 Å². The number of nitrogens with zero attached hydrogens (tertiary/aromatic N) is 1. The van der Waals surface area contributed by atoms with Gasteiger partial charge in [-0.25, -0.2) is 0 Å². The predicted octanol–water partition coefficient (Wildman–Crippen LogP) is 2.65. The molecule has 2 rings (SSSR count). The molecule has 1 heterocycles. The average molecular weight is 260 g/mol. The van der Waals surface area contributed by atoms with Crippen molar-refractivity contribution in [3.05, 3.63) is 34.9 Å². The third-order valence-corrected chi connectivity index (χ3v) is 3.88. The second-order valence-corrected chi connectivity index (χ2v) is 5.61. The minimum Gasteiger partial charge on any atom is -0.334 e. The van der Waals surface area contributed by atoms with Gasteiger partial charge in [-0.15, -0.1) is 0 Å². The summed E-state index contributed by atoms with van der Waals surface area (Å²) in [5.41, 5.74) is 8.93. The van der Waals surface area contributed by atoms with E-state index in [9.17, 15) is 4.79 Å². The van der Waals surface area contributed by atoms with Crippen LogP contribution in [-0.2, 0) is 0 Å².